The average Bonchev–Trinajstić information content (AvgIpc) is 3.29. The van der Waals surface area contributed by atoms with Crippen LogP contribution in [0.25, 0.3) is 9.88 Å². The summed E-state index contributed by atoms with van der Waals surface area (Å²) in [5.74, 6) is -0.140. The van der Waals surface area contributed by atoms with E-state index in [9.17, 15) is 13.2 Å². The number of carbonyl (C=O) groups is 1. The van der Waals surface area contributed by atoms with Crippen molar-refractivity contribution in [2.45, 2.75) is 26.7 Å². The highest BCUT2D eigenvalue weighted by Crippen LogP contribution is 2.28. The molecule has 2 heterocycles. The van der Waals surface area contributed by atoms with E-state index in [1.807, 2.05) is 29.8 Å². The highest BCUT2D eigenvalue weighted by Gasteiger charge is 2.14. The van der Waals surface area contributed by atoms with Crippen molar-refractivity contribution in [3.8, 4) is 9.88 Å². The Hall–Kier alpha value is -2.23. The zero-order valence-corrected chi connectivity index (χ0v) is 18.0. The molecule has 0 spiro atoms. The fourth-order valence-electron chi connectivity index (χ4n) is 2.63. The zero-order valence-electron chi connectivity index (χ0n) is 15.6. The molecule has 0 aliphatic carbocycles. The molecule has 9 heteroatoms. The first kappa shape index (κ1) is 20.5. The summed E-state index contributed by atoms with van der Waals surface area (Å²) in [6.45, 7) is 3.59. The fourth-order valence-corrected chi connectivity index (χ4v) is 5.46. The highest BCUT2D eigenvalue weighted by atomic mass is 32.2. The lowest BCUT2D eigenvalue weighted by Gasteiger charge is -2.14. The van der Waals surface area contributed by atoms with Crippen LogP contribution in [-0.2, 0) is 21.2 Å². The lowest BCUT2D eigenvalue weighted by atomic mass is 10.1. The normalized spacial score (nSPS) is 11.4. The molecule has 2 aromatic heterocycles. The van der Waals surface area contributed by atoms with E-state index in [0.29, 0.717) is 29.1 Å². The van der Waals surface area contributed by atoms with Gasteiger partial charge in [0.05, 0.1) is 28.4 Å². The molecule has 28 heavy (non-hydrogen) atoms. The molecule has 1 aromatic carbocycles. The van der Waals surface area contributed by atoms with Crippen molar-refractivity contribution in [1.82, 2.24) is 4.98 Å². The molecule has 2 N–H and O–H groups in total. The molecule has 0 saturated carbocycles. The van der Waals surface area contributed by atoms with Crippen LogP contribution in [0, 0.1) is 6.92 Å². The number of hydrogen-bond donors (Lipinski definition) is 2. The minimum Gasteiger partial charge on any atom is -0.325 e. The molecule has 6 nitrogen and oxygen atoms in total. The number of aromatic nitrogens is 1. The van der Waals surface area contributed by atoms with Gasteiger partial charge in [-0.25, -0.2) is 13.4 Å². The van der Waals surface area contributed by atoms with Crippen LogP contribution in [0.15, 0.2) is 41.1 Å². The average molecular weight is 436 g/mol. The number of nitrogens with one attached hydrogen (secondary N) is 2. The highest BCUT2D eigenvalue weighted by molar-refractivity contribution is 7.92. The minimum absolute atomic E-state index is 0.0550. The van der Waals surface area contributed by atoms with E-state index >= 15 is 0 Å². The molecule has 0 fully saturated rings. The van der Waals surface area contributed by atoms with Crippen molar-refractivity contribution in [2.75, 3.05) is 15.8 Å². The third-order valence-electron chi connectivity index (χ3n) is 3.97. The van der Waals surface area contributed by atoms with Gasteiger partial charge in [-0.2, -0.15) is 0 Å². The van der Waals surface area contributed by atoms with E-state index < -0.39 is 10.0 Å². The first-order valence-electron chi connectivity index (χ1n) is 8.76. The fraction of sp³-hybridized carbons (Fsp3) is 0.263. The van der Waals surface area contributed by atoms with E-state index in [0.717, 1.165) is 9.88 Å². The van der Waals surface area contributed by atoms with Gasteiger partial charge in [0.25, 0.3) is 0 Å². The van der Waals surface area contributed by atoms with Crippen LogP contribution in [0.2, 0.25) is 0 Å². The molecule has 0 aliphatic heterocycles. The van der Waals surface area contributed by atoms with E-state index in [1.54, 1.807) is 36.5 Å². The SMILES string of the molecule is CCCS(=O)(=O)Nc1cccc(NC(=O)Cc2csc(-c3cccs3)n2)c1C. The molecule has 1 amide bonds. The lowest BCUT2D eigenvalue weighted by Crippen LogP contribution is -2.18. The number of carbonyl (C=O) groups excluding carboxylic acids is 1. The topological polar surface area (TPSA) is 88.2 Å². The maximum Gasteiger partial charge on any atom is 0.232 e. The maximum atomic E-state index is 12.4. The van der Waals surface area contributed by atoms with Gasteiger partial charge in [0.15, 0.2) is 0 Å². The van der Waals surface area contributed by atoms with Crippen LogP contribution in [0.3, 0.4) is 0 Å². The standard InChI is InChI=1S/C19H21N3O3S3/c1-3-10-28(24,25)22-16-7-4-6-15(13(16)2)21-18(23)11-14-12-27-19(20-14)17-8-5-9-26-17/h4-9,12,22H,3,10-11H2,1-2H3,(H,21,23). The second kappa shape index (κ2) is 8.85. The summed E-state index contributed by atoms with van der Waals surface area (Å²) in [4.78, 5) is 18.0. The second-order valence-electron chi connectivity index (χ2n) is 6.25. The van der Waals surface area contributed by atoms with Gasteiger partial charge in [-0.05, 0) is 42.5 Å². The number of hydrogen-bond acceptors (Lipinski definition) is 6. The Morgan fingerprint density at radius 3 is 2.64 bits per heavy atom. The molecule has 0 bridgehead atoms. The summed E-state index contributed by atoms with van der Waals surface area (Å²) in [7, 11) is -3.39. The third-order valence-corrected chi connectivity index (χ3v) is 7.38. The predicted octanol–water partition coefficient (Wildman–Crippen LogP) is 4.51. The number of thiazole rings is 1. The van der Waals surface area contributed by atoms with Crippen LogP contribution < -0.4 is 10.0 Å². The Morgan fingerprint density at radius 2 is 1.93 bits per heavy atom. The number of amides is 1. The number of sulfonamides is 1. The first-order chi connectivity index (χ1) is 13.4. The van der Waals surface area contributed by atoms with Crippen LogP contribution in [-0.4, -0.2) is 25.1 Å². The van der Waals surface area contributed by atoms with Crippen LogP contribution in [0.1, 0.15) is 24.6 Å². The smallest absolute Gasteiger partial charge is 0.232 e. The molecule has 148 valence electrons. The molecular weight excluding hydrogens is 414 g/mol. The Balaban J connectivity index is 1.68. The van der Waals surface area contributed by atoms with Crippen LogP contribution in [0.4, 0.5) is 11.4 Å². The monoisotopic (exact) mass is 435 g/mol. The van der Waals surface area contributed by atoms with Crippen molar-refractivity contribution < 1.29 is 13.2 Å². The van der Waals surface area contributed by atoms with Gasteiger partial charge in [0.2, 0.25) is 15.9 Å². The molecule has 3 rings (SSSR count). The van der Waals surface area contributed by atoms with Gasteiger partial charge in [-0.1, -0.05) is 19.1 Å². The third kappa shape index (κ3) is 5.18. The Morgan fingerprint density at radius 1 is 1.14 bits per heavy atom. The largest absolute Gasteiger partial charge is 0.325 e. The molecule has 0 unspecified atom stereocenters. The second-order valence-corrected chi connectivity index (χ2v) is 9.89. The summed E-state index contributed by atoms with van der Waals surface area (Å²) < 4.78 is 26.6. The quantitative estimate of drug-likeness (QED) is 0.545. The summed E-state index contributed by atoms with van der Waals surface area (Å²) in [5, 5.41) is 7.64. The van der Waals surface area contributed by atoms with Crippen molar-refractivity contribution in [3.05, 3.63) is 52.3 Å². The summed E-state index contributed by atoms with van der Waals surface area (Å²) in [6, 6.07) is 9.12. The van der Waals surface area contributed by atoms with E-state index in [4.69, 9.17) is 0 Å². The number of rotatable bonds is 8. The Bertz CT molecular complexity index is 1060. The first-order valence-corrected chi connectivity index (χ1v) is 12.2. The van der Waals surface area contributed by atoms with Crippen LogP contribution in [0.5, 0.6) is 0 Å². The van der Waals surface area contributed by atoms with Crippen molar-refractivity contribution >= 4 is 50.0 Å². The maximum absolute atomic E-state index is 12.4. The van der Waals surface area contributed by atoms with E-state index in [1.165, 1.54) is 11.3 Å². The summed E-state index contributed by atoms with van der Waals surface area (Å²) in [5.41, 5.74) is 2.44. The molecule has 0 radical (unpaired) electrons. The molecule has 3 aromatic rings. The van der Waals surface area contributed by atoms with Crippen molar-refractivity contribution in [1.29, 1.82) is 0 Å². The summed E-state index contributed by atoms with van der Waals surface area (Å²) >= 11 is 3.13. The van der Waals surface area contributed by atoms with Crippen molar-refractivity contribution in [3.63, 3.8) is 0 Å². The predicted molar refractivity (Wildman–Crippen MR) is 117 cm³/mol. The van der Waals surface area contributed by atoms with E-state index in [2.05, 4.69) is 15.0 Å². The van der Waals surface area contributed by atoms with Crippen LogP contribution >= 0.6 is 22.7 Å². The minimum atomic E-state index is -3.39. The molecule has 0 atom stereocenters. The van der Waals surface area contributed by atoms with E-state index in [-0.39, 0.29) is 18.1 Å². The summed E-state index contributed by atoms with van der Waals surface area (Å²) in [6.07, 6.45) is 0.693. The van der Waals surface area contributed by atoms with Gasteiger partial charge in [-0.15, -0.1) is 22.7 Å². The van der Waals surface area contributed by atoms with Gasteiger partial charge >= 0.3 is 0 Å². The molecule has 0 saturated heterocycles. The lowest BCUT2D eigenvalue weighted by molar-refractivity contribution is -0.115. The number of nitrogens with zero attached hydrogens (tertiary/aromatic N) is 1. The zero-order chi connectivity index (χ0) is 20.1. The number of anilines is 2. The van der Waals surface area contributed by atoms with Gasteiger partial charge in [0, 0.05) is 11.1 Å². The Kier molecular flexibility index (Phi) is 6.48. The number of benzene rings is 1. The van der Waals surface area contributed by atoms with Gasteiger partial charge in [-0.3, -0.25) is 9.52 Å². The Labute approximate surface area is 172 Å². The molecule has 0 aliphatic rings. The number of thiophene rings is 1. The van der Waals surface area contributed by atoms with Gasteiger partial charge in [0.1, 0.15) is 5.01 Å². The molecular formula is C19H21N3O3S3. The van der Waals surface area contributed by atoms with Gasteiger partial charge < -0.3 is 5.32 Å². The van der Waals surface area contributed by atoms with Crippen molar-refractivity contribution in [2.24, 2.45) is 0 Å².